The minimum Gasteiger partial charge on any atom is -0.303 e. The number of phosphoric acid groups is 1. The van der Waals surface area contributed by atoms with E-state index in [1.807, 2.05) is 0 Å². The van der Waals surface area contributed by atoms with Crippen LogP contribution in [0.4, 0.5) is 0 Å². The van der Waals surface area contributed by atoms with Gasteiger partial charge >= 0.3 is 7.82 Å². The van der Waals surface area contributed by atoms with Crippen molar-refractivity contribution in [1.29, 1.82) is 0 Å². The number of ketones is 1. The lowest BCUT2D eigenvalue weighted by Gasteiger charge is -2.03. The molecule has 0 radical (unpaired) electrons. The molecular formula is C6H12ClO5P. The molecule has 0 saturated heterocycles. The van der Waals surface area contributed by atoms with Crippen LogP contribution in [0.25, 0.3) is 0 Å². The fourth-order valence-electron chi connectivity index (χ4n) is 0.675. The Balaban J connectivity index is 3.27. The summed E-state index contributed by atoms with van der Waals surface area (Å²) in [6.07, 6.45) is 1.30. The molecule has 0 saturated carbocycles. The highest BCUT2D eigenvalue weighted by molar-refractivity contribution is 7.46. The topological polar surface area (TPSA) is 83.8 Å². The lowest BCUT2D eigenvalue weighted by molar-refractivity contribution is -0.116. The fraction of sp³-hybridized carbons (Fsp3) is 0.833. The van der Waals surface area contributed by atoms with E-state index in [2.05, 4.69) is 4.52 Å². The van der Waals surface area contributed by atoms with Crippen molar-refractivity contribution < 1.29 is 23.7 Å². The van der Waals surface area contributed by atoms with Crippen molar-refractivity contribution in [2.45, 2.75) is 19.3 Å². The number of phosphoric ester groups is 1. The largest absolute Gasteiger partial charge is 0.469 e. The first-order valence-corrected chi connectivity index (χ1v) is 5.80. The monoisotopic (exact) mass is 230 g/mol. The smallest absolute Gasteiger partial charge is 0.303 e. The molecule has 13 heavy (non-hydrogen) atoms. The van der Waals surface area contributed by atoms with Crippen molar-refractivity contribution in [2.75, 3.05) is 12.5 Å². The van der Waals surface area contributed by atoms with E-state index in [4.69, 9.17) is 21.4 Å². The molecule has 0 rings (SSSR count). The predicted octanol–water partition coefficient (Wildman–Crippen LogP) is 1.07. The summed E-state index contributed by atoms with van der Waals surface area (Å²) in [7, 11) is -4.35. The van der Waals surface area contributed by atoms with Gasteiger partial charge in [-0.3, -0.25) is 9.32 Å². The van der Waals surface area contributed by atoms with Crippen molar-refractivity contribution in [3.63, 3.8) is 0 Å². The lowest BCUT2D eigenvalue weighted by Crippen LogP contribution is -2.00. The number of hydrogen-bond donors (Lipinski definition) is 2. The van der Waals surface area contributed by atoms with Crippen molar-refractivity contribution in [3.05, 3.63) is 0 Å². The molecule has 0 aromatic rings. The van der Waals surface area contributed by atoms with Gasteiger partial charge in [0, 0.05) is 6.42 Å². The van der Waals surface area contributed by atoms with E-state index in [-0.39, 0.29) is 18.3 Å². The maximum absolute atomic E-state index is 10.6. The molecule has 0 spiro atoms. The van der Waals surface area contributed by atoms with E-state index in [1.54, 1.807) is 0 Å². The standard InChI is InChI=1S/C6H12ClO5P/c7-5-6(8)3-1-2-4-12-13(9,10)11/h1-5H2,(H2,9,10,11). The van der Waals surface area contributed by atoms with Gasteiger partial charge in [-0.2, -0.15) is 0 Å². The summed E-state index contributed by atoms with van der Waals surface area (Å²) in [4.78, 5) is 27.2. The summed E-state index contributed by atoms with van der Waals surface area (Å²) in [5.74, 6) is -0.0860. The molecule has 0 aliphatic heterocycles. The Morgan fingerprint density at radius 2 is 2.00 bits per heavy atom. The van der Waals surface area contributed by atoms with E-state index in [1.165, 1.54) is 0 Å². The molecule has 0 aliphatic rings. The Morgan fingerprint density at radius 1 is 1.38 bits per heavy atom. The number of carbonyl (C=O) groups is 1. The van der Waals surface area contributed by atoms with Crippen LogP contribution < -0.4 is 0 Å². The number of rotatable bonds is 7. The number of Topliss-reactive ketones (excluding diaryl/α,β-unsaturated/α-hetero) is 1. The first kappa shape index (κ1) is 13.1. The molecule has 78 valence electrons. The van der Waals surface area contributed by atoms with E-state index in [0.29, 0.717) is 19.3 Å². The van der Waals surface area contributed by atoms with Crippen molar-refractivity contribution in [3.8, 4) is 0 Å². The van der Waals surface area contributed by atoms with Gasteiger partial charge in [-0.05, 0) is 12.8 Å². The van der Waals surface area contributed by atoms with Crippen LogP contribution in [0.3, 0.4) is 0 Å². The molecule has 0 aromatic heterocycles. The third-order valence-corrected chi connectivity index (χ3v) is 2.08. The van der Waals surface area contributed by atoms with Crippen LogP contribution in [0.15, 0.2) is 0 Å². The Hall–Kier alpha value is 0.0700. The summed E-state index contributed by atoms with van der Waals surface area (Å²) in [5, 5.41) is 0. The first-order valence-electron chi connectivity index (χ1n) is 3.73. The molecule has 7 heteroatoms. The van der Waals surface area contributed by atoms with Crippen LogP contribution in [0.1, 0.15) is 19.3 Å². The Bertz CT molecular complexity index is 201. The van der Waals surface area contributed by atoms with Crippen LogP contribution in [0.2, 0.25) is 0 Å². The van der Waals surface area contributed by atoms with Crippen LogP contribution in [-0.4, -0.2) is 28.1 Å². The molecular weight excluding hydrogens is 218 g/mol. The second-order valence-corrected chi connectivity index (χ2v) is 3.96. The summed E-state index contributed by atoms with van der Waals surface area (Å²) in [6, 6.07) is 0. The maximum atomic E-state index is 10.6. The summed E-state index contributed by atoms with van der Waals surface area (Å²) in [6.45, 7) is -0.0418. The molecule has 0 unspecified atom stereocenters. The Kier molecular flexibility index (Phi) is 6.55. The van der Waals surface area contributed by atoms with Gasteiger partial charge in [0.25, 0.3) is 0 Å². The van der Waals surface area contributed by atoms with E-state index >= 15 is 0 Å². The lowest BCUT2D eigenvalue weighted by atomic mass is 10.2. The van der Waals surface area contributed by atoms with E-state index in [9.17, 15) is 9.36 Å². The summed E-state index contributed by atoms with van der Waals surface area (Å²) < 4.78 is 14.3. The molecule has 0 amide bonds. The SMILES string of the molecule is O=C(CCl)CCCCOP(=O)(O)O. The number of alkyl halides is 1. The predicted molar refractivity (Wildman–Crippen MR) is 47.6 cm³/mol. The molecule has 0 aromatic carbocycles. The highest BCUT2D eigenvalue weighted by Crippen LogP contribution is 2.35. The Labute approximate surface area is 81.3 Å². The number of halogens is 1. The number of hydrogen-bond acceptors (Lipinski definition) is 3. The molecule has 0 fully saturated rings. The quantitative estimate of drug-likeness (QED) is 0.388. The van der Waals surface area contributed by atoms with Crippen LogP contribution in [-0.2, 0) is 13.9 Å². The van der Waals surface area contributed by atoms with Gasteiger partial charge in [0.2, 0.25) is 0 Å². The summed E-state index contributed by atoms with van der Waals surface area (Å²) >= 11 is 5.23. The summed E-state index contributed by atoms with van der Waals surface area (Å²) in [5.41, 5.74) is 0. The molecule has 0 heterocycles. The van der Waals surface area contributed by atoms with Crippen molar-refractivity contribution in [2.24, 2.45) is 0 Å². The molecule has 0 aliphatic carbocycles. The van der Waals surface area contributed by atoms with Crippen LogP contribution in [0, 0.1) is 0 Å². The number of carbonyl (C=O) groups excluding carboxylic acids is 1. The minimum atomic E-state index is -4.35. The van der Waals surface area contributed by atoms with E-state index in [0.717, 1.165) is 0 Å². The van der Waals surface area contributed by atoms with Gasteiger partial charge in [-0.15, -0.1) is 11.6 Å². The third kappa shape index (κ3) is 9.99. The Morgan fingerprint density at radius 3 is 2.46 bits per heavy atom. The van der Waals surface area contributed by atoms with Crippen molar-refractivity contribution >= 4 is 25.2 Å². The van der Waals surface area contributed by atoms with Crippen LogP contribution in [0.5, 0.6) is 0 Å². The average Bonchev–Trinajstić information content (AvgIpc) is 2.01. The highest BCUT2D eigenvalue weighted by atomic mass is 35.5. The zero-order valence-electron chi connectivity index (χ0n) is 6.98. The molecule has 5 nitrogen and oxygen atoms in total. The molecule has 0 atom stereocenters. The second kappa shape index (κ2) is 6.51. The zero-order valence-corrected chi connectivity index (χ0v) is 8.63. The fourth-order valence-corrected chi connectivity index (χ4v) is 1.18. The second-order valence-electron chi connectivity index (χ2n) is 2.45. The average molecular weight is 231 g/mol. The van der Waals surface area contributed by atoms with Crippen LogP contribution >= 0.6 is 19.4 Å². The van der Waals surface area contributed by atoms with E-state index < -0.39 is 7.82 Å². The van der Waals surface area contributed by atoms with Gasteiger partial charge in [0.15, 0.2) is 0 Å². The van der Waals surface area contributed by atoms with Gasteiger partial charge in [-0.25, -0.2) is 4.57 Å². The van der Waals surface area contributed by atoms with Gasteiger partial charge in [0.1, 0.15) is 5.78 Å². The minimum absolute atomic E-state index is 0.0145. The zero-order chi connectivity index (χ0) is 10.3. The normalized spacial score (nSPS) is 11.6. The van der Waals surface area contributed by atoms with Gasteiger partial charge in [0.05, 0.1) is 12.5 Å². The van der Waals surface area contributed by atoms with Gasteiger partial charge in [-0.1, -0.05) is 0 Å². The highest BCUT2D eigenvalue weighted by Gasteiger charge is 2.12. The molecule has 2 N–H and O–H groups in total. The third-order valence-electron chi connectivity index (χ3n) is 1.26. The van der Waals surface area contributed by atoms with Crippen molar-refractivity contribution in [1.82, 2.24) is 0 Å². The van der Waals surface area contributed by atoms with Gasteiger partial charge < -0.3 is 9.79 Å². The first-order chi connectivity index (χ1) is 5.95. The maximum Gasteiger partial charge on any atom is 0.469 e. The number of unbranched alkanes of at least 4 members (excludes halogenated alkanes) is 1. The molecule has 0 bridgehead atoms.